The number of halogens is 1. The molecule has 0 fully saturated rings. The third-order valence-corrected chi connectivity index (χ3v) is 6.78. The Morgan fingerprint density at radius 3 is 2.52 bits per heavy atom. The summed E-state index contributed by atoms with van der Waals surface area (Å²) in [5.41, 5.74) is 4.98. The highest BCUT2D eigenvalue weighted by atomic mass is 35.5. The Kier molecular flexibility index (Phi) is 7.28. The maximum atomic E-state index is 12.4. The van der Waals surface area contributed by atoms with E-state index in [1.165, 1.54) is 11.8 Å². The monoisotopic (exact) mass is 458 g/mol. The fourth-order valence-electron chi connectivity index (χ4n) is 3.24. The highest BCUT2D eigenvalue weighted by Gasteiger charge is 2.19. The van der Waals surface area contributed by atoms with Crippen LogP contribution in [0, 0.1) is 27.7 Å². The Bertz CT molecular complexity index is 1090. The van der Waals surface area contributed by atoms with Gasteiger partial charge in [-0.3, -0.25) is 4.79 Å². The molecule has 164 valence electrons. The number of nitrogens with zero attached hydrogens (tertiary/aromatic N) is 3. The highest BCUT2D eigenvalue weighted by Crippen LogP contribution is 2.29. The molecule has 0 aliphatic heterocycles. The minimum atomic E-state index is -0.310. The summed E-state index contributed by atoms with van der Waals surface area (Å²) in [6, 6.07) is 9.69. The van der Waals surface area contributed by atoms with Crippen LogP contribution in [0.25, 0.3) is 0 Å². The molecule has 2 aromatic carbocycles. The van der Waals surface area contributed by atoms with Crippen molar-refractivity contribution in [2.45, 2.75) is 45.9 Å². The molecule has 1 unspecified atom stereocenters. The first-order valence-corrected chi connectivity index (χ1v) is 11.3. The predicted octanol–water partition coefficient (Wildman–Crippen LogP) is 5.57. The molecule has 8 heteroatoms. The second-order valence-corrected chi connectivity index (χ2v) is 8.94. The topological polar surface area (TPSA) is 69.0 Å². The van der Waals surface area contributed by atoms with Crippen LogP contribution >= 0.6 is 23.4 Å². The summed E-state index contributed by atoms with van der Waals surface area (Å²) in [7, 11) is 1.87. The van der Waals surface area contributed by atoms with Gasteiger partial charge in [0, 0.05) is 17.8 Å². The zero-order valence-corrected chi connectivity index (χ0v) is 20.2. The Hall–Kier alpha value is -2.51. The standard InChI is InChI=1S/C23H27ClN4O2S/c1-13-8-7-9-19(16(13)4)25-20(29)12-31-23-27-26-22(28(23)6)17(5)30-18-10-14(2)21(24)15(3)11-18/h7-11,17H,12H2,1-6H3,(H,25,29). The van der Waals surface area contributed by atoms with Crippen LogP contribution in [0.4, 0.5) is 5.69 Å². The fraction of sp³-hybridized carbons (Fsp3) is 0.348. The number of rotatable bonds is 7. The van der Waals surface area contributed by atoms with Crippen molar-refractivity contribution in [3.8, 4) is 5.75 Å². The largest absolute Gasteiger partial charge is 0.483 e. The van der Waals surface area contributed by atoms with Gasteiger partial charge >= 0.3 is 0 Å². The maximum Gasteiger partial charge on any atom is 0.234 e. The second-order valence-electron chi connectivity index (χ2n) is 7.62. The average Bonchev–Trinajstić information content (AvgIpc) is 3.08. The van der Waals surface area contributed by atoms with E-state index in [2.05, 4.69) is 15.5 Å². The normalized spacial score (nSPS) is 12.0. The molecule has 0 spiro atoms. The van der Waals surface area contributed by atoms with Gasteiger partial charge in [-0.1, -0.05) is 35.5 Å². The lowest BCUT2D eigenvalue weighted by atomic mass is 10.1. The summed E-state index contributed by atoms with van der Waals surface area (Å²) in [6.45, 7) is 9.85. The van der Waals surface area contributed by atoms with E-state index >= 15 is 0 Å². The molecular weight excluding hydrogens is 432 g/mol. The van der Waals surface area contributed by atoms with E-state index in [-0.39, 0.29) is 17.8 Å². The minimum absolute atomic E-state index is 0.0836. The van der Waals surface area contributed by atoms with Crippen molar-refractivity contribution in [3.63, 3.8) is 0 Å². The summed E-state index contributed by atoms with van der Waals surface area (Å²) in [4.78, 5) is 12.4. The first-order chi connectivity index (χ1) is 14.7. The zero-order valence-electron chi connectivity index (χ0n) is 18.6. The fourth-order valence-corrected chi connectivity index (χ4v) is 4.07. The molecule has 0 saturated heterocycles. The third kappa shape index (κ3) is 5.40. The molecule has 1 atom stereocenters. The van der Waals surface area contributed by atoms with Crippen LogP contribution in [0.5, 0.6) is 5.75 Å². The molecule has 1 N–H and O–H groups in total. The van der Waals surface area contributed by atoms with Crippen molar-refractivity contribution in [2.75, 3.05) is 11.1 Å². The quantitative estimate of drug-likeness (QED) is 0.468. The SMILES string of the molecule is Cc1cccc(NC(=O)CSc2nnc(C(C)Oc3cc(C)c(Cl)c(C)c3)n2C)c1C. The molecule has 0 radical (unpaired) electrons. The minimum Gasteiger partial charge on any atom is -0.483 e. The lowest BCUT2D eigenvalue weighted by Gasteiger charge is -2.16. The Morgan fingerprint density at radius 2 is 1.84 bits per heavy atom. The predicted molar refractivity (Wildman–Crippen MR) is 126 cm³/mol. The molecule has 1 aromatic heterocycles. The second kappa shape index (κ2) is 9.75. The Labute approximate surface area is 192 Å². The van der Waals surface area contributed by atoms with E-state index in [1.54, 1.807) is 0 Å². The van der Waals surface area contributed by atoms with Gasteiger partial charge in [-0.15, -0.1) is 10.2 Å². The van der Waals surface area contributed by atoms with Gasteiger partial charge in [0.1, 0.15) is 5.75 Å². The Balaban J connectivity index is 1.63. The molecule has 0 aliphatic carbocycles. The molecule has 1 amide bonds. The van der Waals surface area contributed by atoms with Crippen LogP contribution in [0.2, 0.25) is 5.02 Å². The highest BCUT2D eigenvalue weighted by molar-refractivity contribution is 7.99. The number of hydrogen-bond acceptors (Lipinski definition) is 5. The van der Waals surface area contributed by atoms with Crippen molar-refractivity contribution in [3.05, 3.63) is 63.4 Å². The number of amides is 1. The number of thioether (sulfide) groups is 1. The van der Waals surface area contributed by atoms with Crippen LogP contribution in [0.15, 0.2) is 35.5 Å². The number of aromatic nitrogens is 3. The number of benzene rings is 2. The molecule has 31 heavy (non-hydrogen) atoms. The van der Waals surface area contributed by atoms with Gasteiger partial charge in [0.15, 0.2) is 17.1 Å². The molecule has 0 bridgehead atoms. The summed E-state index contributed by atoms with van der Waals surface area (Å²) < 4.78 is 7.93. The number of hydrogen-bond donors (Lipinski definition) is 1. The molecule has 3 rings (SSSR count). The van der Waals surface area contributed by atoms with E-state index < -0.39 is 0 Å². The number of carbonyl (C=O) groups is 1. The number of ether oxygens (including phenoxy) is 1. The molecule has 6 nitrogen and oxygen atoms in total. The molecule has 3 aromatic rings. The maximum absolute atomic E-state index is 12.4. The van der Waals surface area contributed by atoms with Gasteiger partial charge < -0.3 is 14.6 Å². The average molecular weight is 459 g/mol. The van der Waals surface area contributed by atoms with Gasteiger partial charge in [-0.05, 0) is 75.1 Å². The van der Waals surface area contributed by atoms with Crippen molar-refractivity contribution >= 4 is 35.0 Å². The van der Waals surface area contributed by atoms with E-state index in [1.807, 2.05) is 76.6 Å². The van der Waals surface area contributed by atoms with Gasteiger partial charge in [0.05, 0.1) is 5.75 Å². The van der Waals surface area contributed by atoms with Crippen molar-refractivity contribution in [2.24, 2.45) is 7.05 Å². The first-order valence-electron chi connectivity index (χ1n) is 9.99. The van der Waals surface area contributed by atoms with E-state index in [0.29, 0.717) is 11.0 Å². The van der Waals surface area contributed by atoms with Crippen LogP contribution < -0.4 is 10.1 Å². The smallest absolute Gasteiger partial charge is 0.234 e. The molecule has 0 aliphatic rings. The molecule has 0 saturated carbocycles. The lowest BCUT2D eigenvalue weighted by molar-refractivity contribution is -0.113. The first kappa shape index (κ1) is 23.2. The van der Waals surface area contributed by atoms with Crippen LogP contribution in [0.1, 0.15) is 41.1 Å². The van der Waals surface area contributed by atoms with Crippen LogP contribution in [-0.4, -0.2) is 26.4 Å². The van der Waals surface area contributed by atoms with Gasteiger partial charge in [0.2, 0.25) is 5.91 Å². The number of nitrogens with one attached hydrogen (secondary N) is 1. The van der Waals surface area contributed by atoms with Gasteiger partial charge in [-0.2, -0.15) is 0 Å². The van der Waals surface area contributed by atoms with E-state index in [0.717, 1.165) is 38.7 Å². The summed E-state index contributed by atoms with van der Waals surface area (Å²) >= 11 is 7.58. The Morgan fingerprint density at radius 1 is 1.16 bits per heavy atom. The number of carbonyl (C=O) groups excluding carboxylic acids is 1. The van der Waals surface area contributed by atoms with Gasteiger partial charge in [-0.25, -0.2) is 0 Å². The summed E-state index contributed by atoms with van der Waals surface area (Å²) in [5, 5.41) is 12.9. The number of anilines is 1. The van der Waals surface area contributed by atoms with E-state index in [9.17, 15) is 4.79 Å². The van der Waals surface area contributed by atoms with Crippen molar-refractivity contribution < 1.29 is 9.53 Å². The van der Waals surface area contributed by atoms with Crippen molar-refractivity contribution in [1.29, 1.82) is 0 Å². The van der Waals surface area contributed by atoms with Crippen molar-refractivity contribution in [1.82, 2.24) is 14.8 Å². The van der Waals surface area contributed by atoms with Crippen LogP contribution in [0.3, 0.4) is 0 Å². The number of aryl methyl sites for hydroxylation is 3. The molecule has 1 heterocycles. The van der Waals surface area contributed by atoms with Crippen LogP contribution in [-0.2, 0) is 11.8 Å². The lowest BCUT2D eigenvalue weighted by Crippen LogP contribution is -2.15. The zero-order chi connectivity index (χ0) is 22.7. The molecular formula is C23H27ClN4O2S. The van der Waals surface area contributed by atoms with E-state index in [4.69, 9.17) is 16.3 Å². The summed E-state index contributed by atoms with van der Waals surface area (Å²) in [6.07, 6.45) is -0.310. The summed E-state index contributed by atoms with van der Waals surface area (Å²) in [5.74, 6) is 1.57. The third-order valence-electron chi connectivity index (χ3n) is 5.17. The van der Waals surface area contributed by atoms with Gasteiger partial charge in [0.25, 0.3) is 0 Å².